The highest BCUT2D eigenvalue weighted by Crippen LogP contribution is 2.53. The zero-order valence-corrected chi connectivity index (χ0v) is 7.51. The molecule has 0 saturated heterocycles. The van der Waals surface area contributed by atoms with Crippen LogP contribution in [-0.4, -0.2) is 10.7 Å². The van der Waals surface area contributed by atoms with Crippen LogP contribution in [0.25, 0.3) is 0 Å². The minimum atomic E-state index is -0.251. The highest BCUT2D eigenvalue weighted by atomic mass is 16.3. The molecule has 64 valence electrons. The molecule has 0 aliphatic heterocycles. The van der Waals surface area contributed by atoms with Gasteiger partial charge in [0, 0.05) is 0 Å². The molecule has 1 nitrogen and oxygen atoms in total. The second-order valence-corrected chi connectivity index (χ2v) is 4.66. The van der Waals surface area contributed by atoms with Gasteiger partial charge in [0.15, 0.2) is 0 Å². The van der Waals surface area contributed by atoms with Crippen LogP contribution in [0.5, 0.6) is 0 Å². The number of fused-ring (bicyclic) bond motifs is 1. The van der Waals surface area contributed by atoms with Gasteiger partial charge in [-0.3, -0.25) is 0 Å². The molecule has 0 aromatic rings. The molecule has 2 saturated carbocycles. The van der Waals surface area contributed by atoms with Crippen LogP contribution in [0.3, 0.4) is 0 Å². The van der Waals surface area contributed by atoms with E-state index in [1.54, 1.807) is 0 Å². The fraction of sp³-hybridized carbons (Fsp3) is 1.00. The molecule has 0 aromatic carbocycles. The van der Waals surface area contributed by atoms with Crippen molar-refractivity contribution in [2.24, 2.45) is 17.8 Å². The SMILES string of the molecule is C[C@@H]1CCC2(O)CC[C@@H](C)C12. The second kappa shape index (κ2) is 2.22. The minimum absolute atomic E-state index is 0.251. The topological polar surface area (TPSA) is 20.2 Å². The van der Waals surface area contributed by atoms with Crippen LogP contribution in [0.2, 0.25) is 0 Å². The molecule has 1 heteroatoms. The quantitative estimate of drug-likeness (QED) is 0.567. The standard InChI is InChI=1S/C10H18O/c1-7-3-5-10(11)6-4-8(2)9(7)10/h7-9,11H,3-6H2,1-2H3/t7-,8-,9?,10?/m1/s1. The van der Waals surface area contributed by atoms with E-state index in [2.05, 4.69) is 13.8 Å². The Labute approximate surface area is 68.8 Å². The van der Waals surface area contributed by atoms with Gasteiger partial charge in [0.25, 0.3) is 0 Å². The summed E-state index contributed by atoms with van der Waals surface area (Å²) in [7, 11) is 0. The number of hydrogen-bond acceptors (Lipinski definition) is 1. The number of hydrogen-bond donors (Lipinski definition) is 1. The van der Waals surface area contributed by atoms with Gasteiger partial charge in [-0.15, -0.1) is 0 Å². The zero-order valence-electron chi connectivity index (χ0n) is 7.51. The minimum Gasteiger partial charge on any atom is -0.390 e. The lowest BCUT2D eigenvalue weighted by molar-refractivity contribution is 0.00773. The summed E-state index contributed by atoms with van der Waals surface area (Å²) < 4.78 is 0. The van der Waals surface area contributed by atoms with E-state index < -0.39 is 0 Å². The van der Waals surface area contributed by atoms with Gasteiger partial charge in [0.2, 0.25) is 0 Å². The summed E-state index contributed by atoms with van der Waals surface area (Å²) in [5.41, 5.74) is -0.251. The third-order valence-corrected chi connectivity index (χ3v) is 3.91. The van der Waals surface area contributed by atoms with Crippen molar-refractivity contribution in [1.82, 2.24) is 0 Å². The van der Waals surface area contributed by atoms with Crippen LogP contribution in [0.1, 0.15) is 39.5 Å². The van der Waals surface area contributed by atoms with E-state index >= 15 is 0 Å². The number of aliphatic hydroxyl groups is 1. The normalized spacial score (nSPS) is 56.5. The van der Waals surface area contributed by atoms with Gasteiger partial charge in [-0.05, 0) is 43.4 Å². The summed E-state index contributed by atoms with van der Waals surface area (Å²) in [4.78, 5) is 0. The molecular weight excluding hydrogens is 136 g/mol. The predicted molar refractivity (Wildman–Crippen MR) is 45.2 cm³/mol. The fourth-order valence-electron chi connectivity index (χ4n) is 3.39. The van der Waals surface area contributed by atoms with E-state index in [9.17, 15) is 5.11 Å². The van der Waals surface area contributed by atoms with Gasteiger partial charge in [0.1, 0.15) is 0 Å². The molecule has 1 N–H and O–H groups in total. The maximum Gasteiger partial charge on any atom is 0.0681 e. The first-order valence-electron chi connectivity index (χ1n) is 4.86. The first kappa shape index (κ1) is 7.60. The molecule has 0 aromatic heterocycles. The second-order valence-electron chi connectivity index (χ2n) is 4.66. The summed E-state index contributed by atoms with van der Waals surface area (Å²) in [6.45, 7) is 4.59. The zero-order chi connectivity index (χ0) is 8.06. The number of rotatable bonds is 0. The van der Waals surface area contributed by atoms with Crippen molar-refractivity contribution in [3.63, 3.8) is 0 Å². The lowest BCUT2D eigenvalue weighted by Crippen LogP contribution is -2.31. The monoisotopic (exact) mass is 154 g/mol. The molecule has 2 aliphatic carbocycles. The van der Waals surface area contributed by atoms with E-state index in [1.165, 1.54) is 12.8 Å². The Kier molecular flexibility index (Phi) is 1.54. The van der Waals surface area contributed by atoms with Gasteiger partial charge in [-0.2, -0.15) is 0 Å². The Morgan fingerprint density at radius 2 is 1.55 bits per heavy atom. The van der Waals surface area contributed by atoms with E-state index in [1.807, 2.05) is 0 Å². The smallest absolute Gasteiger partial charge is 0.0681 e. The van der Waals surface area contributed by atoms with E-state index in [0.29, 0.717) is 5.92 Å². The lowest BCUT2D eigenvalue weighted by Gasteiger charge is -2.26. The van der Waals surface area contributed by atoms with Gasteiger partial charge < -0.3 is 5.11 Å². The average Bonchev–Trinajstić information content (AvgIpc) is 2.38. The van der Waals surface area contributed by atoms with Gasteiger partial charge in [-0.1, -0.05) is 13.8 Å². The molecule has 0 spiro atoms. The van der Waals surface area contributed by atoms with E-state index in [-0.39, 0.29) is 5.60 Å². The van der Waals surface area contributed by atoms with Crippen LogP contribution in [0.4, 0.5) is 0 Å². The van der Waals surface area contributed by atoms with Gasteiger partial charge in [0.05, 0.1) is 5.60 Å². The van der Waals surface area contributed by atoms with Crippen molar-refractivity contribution in [2.75, 3.05) is 0 Å². The Balaban J connectivity index is 2.23. The van der Waals surface area contributed by atoms with Crippen molar-refractivity contribution < 1.29 is 5.11 Å². The third-order valence-electron chi connectivity index (χ3n) is 3.91. The molecule has 2 fully saturated rings. The lowest BCUT2D eigenvalue weighted by atomic mass is 9.85. The maximum atomic E-state index is 10.2. The van der Waals surface area contributed by atoms with Gasteiger partial charge >= 0.3 is 0 Å². The molecular formula is C10H18O. The third kappa shape index (κ3) is 0.936. The van der Waals surface area contributed by atoms with Gasteiger partial charge in [-0.25, -0.2) is 0 Å². The van der Waals surface area contributed by atoms with Crippen molar-refractivity contribution in [3.05, 3.63) is 0 Å². The van der Waals surface area contributed by atoms with Crippen LogP contribution in [0.15, 0.2) is 0 Å². The molecule has 0 radical (unpaired) electrons. The molecule has 2 rings (SSSR count). The first-order chi connectivity index (χ1) is 5.13. The molecule has 0 bridgehead atoms. The predicted octanol–water partition coefficient (Wildman–Crippen LogP) is 2.19. The Bertz CT molecular complexity index is 150. The highest BCUT2D eigenvalue weighted by molar-refractivity contribution is 5.02. The van der Waals surface area contributed by atoms with Crippen LogP contribution >= 0.6 is 0 Å². The van der Waals surface area contributed by atoms with Crippen molar-refractivity contribution in [2.45, 2.75) is 45.1 Å². The van der Waals surface area contributed by atoms with Crippen molar-refractivity contribution >= 4 is 0 Å². The molecule has 0 amide bonds. The molecule has 0 unspecified atom stereocenters. The molecule has 2 aliphatic rings. The Hall–Kier alpha value is -0.0400. The summed E-state index contributed by atoms with van der Waals surface area (Å²) in [5, 5.41) is 10.2. The van der Waals surface area contributed by atoms with E-state index in [4.69, 9.17) is 0 Å². The van der Waals surface area contributed by atoms with Crippen LogP contribution in [0, 0.1) is 17.8 Å². The van der Waals surface area contributed by atoms with Crippen LogP contribution in [-0.2, 0) is 0 Å². The summed E-state index contributed by atoms with van der Waals surface area (Å²) in [5.74, 6) is 2.14. The summed E-state index contributed by atoms with van der Waals surface area (Å²) in [6, 6.07) is 0. The molecule has 2 atom stereocenters. The first-order valence-corrected chi connectivity index (χ1v) is 4.86. The largest absolute Gasteiger partial charge is 0.390 e. The van der Waals surface area contributed by atoms with Crippen molar-refractivity contribution in [3.8, 4) is 0 Å². The van der Waals surface area contributed by atoms with Crippen molar-refractivity contribution in [1.29, 1.82) is 0 Å². The summed E-state index contributed by atoms with van der Waals surface area (Å²) in [6.07, 6.45) is 4.60. The van der Waals surface area contributed by atoms with Crippen LogP contribution < -0.4 is 0 Å². The molecule has 11 heavy (non-hydrogen) atoms. The van der Waals surface area contributed by atoms with E-state index in [0.717, 1.165) is 24.7 Å². The Morgan fingerprint density at radius 1 is 1.09 bits per heavy atom. The fourth-order valence-corrected chi connectivity index (χ4v) is 3.39. The summed E-state index contributed by atoms with van der Waals surface area (Å²) >= 11 is 0. The maximum absolute atomic E-state index is 10.2. The average molecular weight is 154 g/mol. The highest BCUT2D eigenvalue weighted by Gasteiger charge is 2.51. The Morgan fingerprint density at radius 3 is 1.91 bits per heavy atom. The molecule has 0 heterocycles.